The molecule has 0 atom stereocenters. The van der Waals surface area contributed by atoms with Crippen molar-refractivity contribution in [3.63, 3.8) is 0 Å². The summed E-state index contributed by atoms with van der Waals surface area (Å²) in [4.78, 5) is 11.2. The number of carboxylic acids is 1. The van der Waals surface area contributed by atoms with Crippen molar-refractivity contribution in [2.45, 2.75) is 23.5 Å². The van der Waals surface area contributed by atoms with Crippen molar-refractivity contribution in [3.8, 4) is 0 Å². The van der Waals surface area contributed by atoms with Gasteiger partial charge in [0, 0.05) is 5.69 Å². The normalized spacial score (nSPS) is 12.1. The molecule has 2 aromatic rings. The molecule has 0 spiro atoms. The monoisotopic (exact) mass is 359 g/mol. The molecule has 2 N–H and O–H groups in total. The third-order valence-corrected chi connectivity index (χ3v) is 6.31. The van der Waals surface area contributed by atoms with E-state index in [-0.39, 0.29) is 4.21 Å². The van der Waals surface area contributed by atoms with Gasteiger partial charge in [0.1, 0.15) is 4.21 Å². The lowest BCUT2D eigenvalue weighted by Crippen LogP contribution is -2.28. The third kappa shape index (κ3) is 3.43. The number of nitrogens with one attached hydrogen (secondary N) is 1. The van der Waals surface area contributed by atoms with Gasteiger partial charge in [-0.3, -0.25) is 9.52 Å². The van der Waals surface area contributed by atoms with E-state index in [4.69, 9.17) is 11.6 Å². The van der Waals surface area contributed by atoms with E-state index in [1.54, 1.807) is 26.0 Å². The Hall–Kier alpha value is -1.57. The minimum absolute atomic E-state index is 0.118. The first kappa shape index (κ1) is 16.8. The van der Waals surface area contributed by atoms with E-state index in [0.717, 1.165) is 11.3 Å². The van der Waals surface area contributed by atoms with Gasteiger partial charge in [-0.05, 0) is 43.7 Å². The largest absolute Gasteiger partial charge is 0.481 e. The molecule has 8 heteroatoms. The first-order chi connectivity index (χ1) is 10.1. The summed E-state index contributed by atoms with van der Waals surface area (Å²) in [7, 11) is -3.69. The van der Waals surface area contributed by atoms with Crippen LogP contribution in [0, 0.1) is 0 Å². The van der Waals surface area contributed by atoms with Crippen LogP contribution < -0.4 is 4.72 Å². The zero-order valence-electron chi connectivity index (χ0n) is 11.8. The van der Waals surface area contributed by atoms with Crippen LogP contribution in [-0.2, 0) is 20.2 Å². The highest BCUT2D eigenvalue weighted by Crippen LogP contribution is 2.28. The molecule has 0 saturated carbocycles. The number of rotatable bonds is 5. The quantitative estimate of drug-likeness (QED) is 0.854. The summed E-state index contributed by atoms with van der Waals surface area (Å²) >= 11 is 6.70. The molecule has 5 nitrogen and oxygen atoms in total. The Morgan fingerprint density at radius 1 is 1.18 bits per heavy atom. The molecule has 0 aliphatic heterocycles. The van der Waals surface area contributed by atoms with Gasteiger partial charge in [-0.1, -0.05) is 23.7 Å². The SMILES string of the molecule is CC(C)(C(=O)O)c1ccc(NS(=O)(=O)c2ccc(Cl)s2)cc1. The van der Waals surface area contributed by atoms with Crippen molar-refractivity contribution in [2.24, 2.45) is 0 Å². The molecule has 0 amide bonds. The van der Waals surface area contributed by atoms with E-state index in [9.17, 15) is 18.3 Å². The Kier molecular flexibility index (Phi) is 4.51. The number of hydrogen-bond donors (Lipinski definition) is 2. The molecular weight excluding hydrogens is 346 g/mol. The summed E-state index contributed by atoms with van der Waals surface area (Å²) in [6.45, 7) is 3.17. The van der Waals surface area contributed by atoms with Crippen LogP contribution in [0.5, 0.6) is 0 Å². The molecule has 118 valence electrons. The maximum Gasteiger partial charge on any atom is 0.313 e. The Labute approximate surface area is 137 Å². The minimum Gasteiger partial charge on any atom is -0.481 e. The van der Waals surface area contributed by atoms with Crippen LogP contribution in [0.3, 0.4) is 0 Å². The topological polar surface area (TPSA) is 83.5 Å². The van der Waals surface area contributed by atoms with Gasteiger partial charge in [0.2, 0.25) is 0 Å². The maximum absolute atomic E-state index is 12.2. The fourth-order valence-corrected chi connectivity index (χ4v) is 4.27. The fourth-order valence-electron chi connectivity index (χ4n) is 1.73. The highest BCUT2D eigenvalue weighted by atomic mass is 35.5. The number of carboxylic acid groups (broad SMARTS) is 1. The van der Waals surface area contributed by atoms with Gasteiger partial charge in [0.05, 0.1) is 9.75 Å². The number of halogens is 1. The molecule has 0 fully saturated rings. The highest BCUT2D eigenvalue weighted by Gasteiger charge is 2.29. The Bertz CT molecular complexity index is 795. The summed E-state index contributed by atoms with van der Waals surface area (Å²) in [6.07, 6.45) is 0. The predicted molar refractivity (Wildman–Crippen MR) is 87.2 cm³/mol. The van der Waals surface area contributed by atoms with Gasteiger partial charge < -0.3 is 5.11 Å². The number of benzene rings is 1. The van der Waals surface area contributed by atoms with E-state index < -0.39 is 21.4 Å². The first-order valence-corrected chi connectivity index (χ1v) is 8.93. The van der Waals surface area contributed by atoms with Gasteiger partial charge in [0.25, 0.3) is 10.0 Å². The minimum atomic E-state index is -3.69. The molecular formula is C14H14ClNO4S2. The highest BCUT2D eigenvalue weighted by molar-refractivity contribution is 7.94. The molecule has 22 heavy (non-hydrogen) atoms. The van der Waals surface area contributed by atoms with E-state index in [2.05, 4.69) is 4.72 Å². The zero-order valence-corrected chi connectivity index (χ0v) is 14.2. The summed E-state index contributed by atoms with van der Waals surface area (Å²) in [5.41, 5.74) is -0.102. The molecule has 0 saturated heterocycles. The molecule has 0 bridgehead atoms. The second-order valence-electron chi connectivity index (χ2n) is 5.17. The Morgan fingerprint density at radius 3 is 2.23 bits per heavy atom. The molecule has 0 aliphatic carbocycles. The first-order valence-electron chi connectivity index (χ1n) is 6.25. The second-order valence-corrected chi connectivity index (χ2v) is 8.80. The lowest BCUT2D eigenvalue weighted by atomic mass is 9.85. The van der Waals surface area contributed by atoms with E-state index in [1.807, 2.05) is 0 Å². The lowest BCUT2D eigenvalue weighted by Gasteiger charge is -2.19. The number of anilines is 1. The standard InChI is InChI=1S/C14H14ClNO4S2/c1-14(2,13(17)18)9-3-5-10(6-4-9)16-22(19,20)12-8-7-11(15)21-12/h3-8,16H,1-2H3,(H,17,18). The summed E-state index contributed by atoms with van der Waals surface area (Å²) in [6, 6.07) is 9.19. The van der Waals surface area contributed by atoms with E-state index >= 15 is 0 Å². The van der Waals surface area contributed by atoms with Crippen LogP contribution >= 0.6 is 22.9 Å². The second kappa shape index (κ2) is 5.91. The van der Waals surface area contributed by atoms with Crippen molar-refractivity contribution in [1.82, 2.24) is 0 Å². The molecule has 2 rings (SSSR count). The summed E-state index contributed by atoms with van der Waals surface area (Å²) < 4.78 is 27.2. The Morgan fingerprint density at radius 2 is 1.77 bits per heavy atom. The predicted octanol–water partition coefficient (Wildman–Crippen LogP) is 3.56. The van der Waals surface area contributed by atoms with Crippen LogP contribution in [0.2, 0.25) is 4.34 Å². The van der Waals surface area contributed by atoms with Crippen LogP contribution in [0.25, 0.3) is 0 Å². The van der Waals surface area contributed by atoms with Crippen LogP contribution in [0.15, 0.2) is 40.6 Å². The zero-order chi connectivity index (χ0) is 16.5. The summed E-state index contributed by atoms with van der Waals surface area (Å²) in [5.74, 6) is -0.950. The number of carbonyl (C=O) groups is 1. The Balaban J connectivity index is 2.24. The summed E-state index contributed by atoms with van der Waals surface area (Å²) in [5, 5.41) is 9.18. The van der Waals surface area contributed by atoms with E-state index in [0.29, 0.717) is 15.6 Å². The van der Waals surface area contributed by atoms with Crippen molar-refractivity contribution in [2.75, 3.05) is 4.72 Å². The average Bonchev–Trinajstić information content (AvgIpc) is 2.86. The lowest BCUT2D eigenvalue weighted by molar-refractivity contribution is -0.142. The van der Waals surface area contributed by atoms with E-state index in [1.165, 1.54) is 24.3 Å². The van der Waals surface area contributed by atoms with Crippen LogP contribution in [0.4, 0.5) is 5.69 Å². The molecule has 0 aliphatic rings. The van der Waals surface area contributed by atoms with Crippen molar-refractivity contribution < 1.29 is 18.3 Å². The molecule has 1 heterocycles. The van der Waals surface area contributed by atoms with Gasteiger partial charge >= 0.3 is 5.97 Å². The van der Waals surface area contributed by atoms with Gasteiger partial charge in [0.15, 0.2) is 0 Å². The average molecular weight is 360 g/mol. The van der Waals surface area contributed by atoms with Gasteiger partial charge in [-0.2, -0.15) is 0 Å². The van der Waals surface area contributed by atoms with Gasteiger partial charge in [-0.15, -0.1) is 11.3 Å². The molecule has 0 radical (unpaired) electrons. The number of aliphatic carboxylic acids is 1. The van der Waals surface area contributed by atoms with Crippen molar-refractivity contribution in [3.05, 3.63) is 46.3 Å². The maximum atomic E-state index is 12.2. The molecule has 1 aromatic carbocycles. The number of thiophene rings is 1. The van der Waals surface area contributed by atoms with Crippen molar-refractivity contribution >= 4 is 44.6 Å². The third-order valence-electron chi connectivity index (χ3n) is 3.21. The molecule has 0 unspecified atom stereocenters. The van der Waals surface area contributed by atoms with Crippen LogP contribution in [-0.4, -0.2) is 19.5 Å². The van der Waals surface area contributed by atoms with Gasteiger partial charge in [-0.25, -0.2) is 8.42 Å². The number of hydrogen-bond acceptors (Lipinski definition) is 4. The number of sulfonamides is 1. The molecule has 1 aromatic heterocycles. The smallest absolute Gasteiger partial charge is 0.313 e. The van der Waals surface area contributed by atoms with Crippen LogP contribution in [0.1, 0.15) is 19.4 Å². The fraction of sp³-hybridized carbons (Fsp3) is 0.214. The van der Waals surface area contributed by atoms with Crippen molar-refractivity contribution in [1.29, 1.82) is 0 Å².